The van der Waals surface area contributed by atoms with Crippen LogP contribution < -0.4 is 5.32 Å². The third-order valence-electron chi connectivity index (χ3n) is 3.36. The minimum atomic E-state index is 0.487. The van der Waals surface area contributed by atoms with Crippen molar-refractivity contribution in [3.8, 4) is 0 Å². The van der Waals surface area contributed by atoms with Gasteiger partial charge in [-0.25, -0.2) is 4.98 Å². The highest BCUT2D eigenvalue weighted by molar-refractivity contribution is 5.17. The fourth-order valence-corrected chi connectivity index (χ4v) is 2.47. The van der Waals surface area contributed by atoms with E-state index in [9.17, 15) is 0 Å². The Hall–Kier alpha value is -1.61. The molecule has 1 fully saturated rings. The van der Waals surface area contributed by atoms with Crippen LogP contribution in [-0.2, 0) is 6.54 Å². The van der Waals surface area contributed by atoms with E-state index >= 15 is 0 Å². The van der Waals surface area contributed by atoms with E-state index < -0.39 is 0 Å². The lowest BCUT2D eigenvalue weighted by Crippen LogP contribution is -2.17. The summed E-state index contributed by atoms with van der Waals surface area (Å²) in [6, 6.07) is 11.0. The molecule has 0 amide bonds. The van der Waals surface area contributed by atoms with Crippen LogP contribution >= 0.6 is 0 Å². The van der Waals surface area contributed by atoms with E-state index in [0.717, 1.165) is 13.1 Å². The summed E-state index contributed by atoms with van der Waals surface area (Å²) in [6.45, 7) is 2.04. The average Bonchev–Trinajstić information content (AvgIpc) is 3.00. The normalized spacial score (nSPS) is 19.6. The van der Waals surface area contributed by atoms with Crippen LogP contribution in [-0.4, -0.2) is 16.1 Å². The number of hydrogen-bond acceptors (Lipinski definition) is 2. The molecule has 1 saturated heterocycles. The highest BCUT2D eigenvalue weighted by Crippen LogP contribution is 2.23. The first-order valence-electron chi connectivity index (χ1n) is 6.21. The van der Waals surface area contributed by atoms with Crippen LogP contribution in [0.3, 0.4) is 0 Å². The molecule has 2 heterocycles. The van der Waals surface area contributed by atoms with E-state index in [0.29, 0.717) is 6.04 Å². The van der Waals surface area contributed by atoms with Crippen molar-refractivity contribution < 1.29 is 0 Å². The zero-order chi connectivity index (χ0) is 11.5. The van der Waals surface area contributed by atoms with E-state index in [-0.39, 0.29) is 0 Å². The van der Waals surface area contributed by atoms with Gasteiger partial charge in [-0.2, -0.15) is 0 Å². The predicted molar refractivity (Wildman–Crippen MR) is 67.7 cm³/mol. The Bertz CT molecular complexity index is 469. The number of imidazole rings is 1. The van der Waals surface area contributed by atoms with Crippen LogP contribution in [0.1, 0.15) is 30.1 Å². The highest BCUT2D eigenvalue weighted by atomic mass is 15.1. The first kappa shape index (κ1) is 10.5. The van der Waals surface area contributed by atoms with Gasteiger partial charge in [0.15, 0.2) is 0 Å². The molecule has 3 heteroatoms. The van der Waals surface area contributed by atoms with Gasteiger partial charge < -0.3 is 9.88 Å². The van der Waals surface area contributed by atoms with Gasteiger partial charge in [-0.15, -0.1) is 0 Å². The van der Waals surface area contributed by atoms with Crippen molar-refractivity contribution in [1.29, 1.82) is 0 Å². The smallest absolute Gasteiger partial charge is 0.0951 e. The summed E-state index contributed by atoms with van der Waals surface area (Å²) in [7, 11) is 0. The predicted octanol–water partition coefficient (Wildman–Crippen LogP) is 2.36. The molecule has 0 radical (unpaired) electrons. The van der Waals surface area contributed by atoms with Crippen molar-refractivity contribution in [2.45, 2.75) is 25.4 Å². The fraction of sp³-hybridized carbons (Fsp3) is 0.357. The summed E-state index contributed by atoms with van der Waals surface area (Å²) in [5.74, 6) is 0. The van der Waals surface area contributed by atoms with Crippen molar-refractivity contribution in [3.63, 3.8) is 0 Å². The van der Waals surface area contributed by atoms with Crippen LogP contribution in [0.4, 0.5) is 0 Å². The minimum absolute atomic E-state index is 0.487. The molecule has 1 aliphatic rings. The van der Waals surface area contributed by atoms with Gasteiger partial charge in [0.1, 0.15) is 0 Å². The first-order chi connectivity index (χ1) is 8.43. The van der Waals surface area contributed by atoms with E-state index in [1.54, 1.807) is 0 Å². The van der Waals surface area contributed by atoms with Gasteiger partial charge in [-0.3, -0.25) is 0 Å². The van der Waals surface area contributed by atoms with Gasteiger partial charge in [0, 0.05) is 18.8 Å². The van der Waals surface area contributed by atoms with Crippen LogP contribution in [0.25, 0.3) is 0 Å². The highest BCUT2D eigenvalue weighted by Gasteiger charge is 2.19. The molecular weight excluding hydrogens is 210 g/mol. The summed E-state index contributed by atoms with van der Waals surface area (Å²) >= 11 is 0. The Morgan fingerprint density at radius 1 is 1.29 bits per heavy atom. The third-order valence-corrected chi connectivity index (χ3v) is 3.36. The zero-order valence-electron chi connectivity index (χ0n) is 9.84. The monoisotopic (exact) mass is 227 g/mol. The van der Waals surface area contributed by atoms with E-state index in [2.05, 4.69) is 45.2 Å². The van der Waals surface area contributed by atoms with Gasteiger partial charge in [0.2, 0.25) is 0 Å². The van der Waals surface area contributed by atoms with Gasteiger partial charge in [-0.1, -0.05) is 30.3 Å². The summed E-state index contributed by atoms with van der Waals surface area (Å²) in [4.78, 5) is 4.29. The lowest BCUT2D eigenvalue weighted by molar-refractivity contribution is 0.584. The van der Waals surface area contributed by atoms with Gasteiger partial charge in [-0.05, 0) is 24.9 Å². The molecule has 0 saturated carbocycles. The van der Waals surface area contributed by atoms with Crippen molar-refractivity contribution in [2.24, 2.45) is 0 Å². The molecule has 0 spiro atoms. The molecule has 0 bridgehead atoms. The average molecular weight is 227 g/mol. The Morgan fingerprint density at radius 3 is 2.94 bits per heavy atom. The minimum Gasteiger partial charge on any atom is -0.329 e. The van der Waals surface area contributed by atoms with Crippen molar-refractivity contribution in [2.75, 3.05) is 6.54 Å². The molecule has 2 aromatic rings. The lowest BCUT2D eigenvalue weighted by Gasteiger charge is -2.13. The molecule has 1 aliphatic heterocycles. The summed E-state index contributed by atoms with van der Waals surface area (Å²) < 4.78 is 2.25. The molecule has 3 nitrogen and oxygen atoms in total. The third kappa shape index (κ3) is 2.24. The van der Waals surface area contributed by atoms with E-state index in [4.69, 9.17) is 0 Å². The van der Waals surface area contributed by atoms with E-state index in [1.807, 2.05) is 12.5 Å². The molecule has 0 unspecified atom stereocenters. The molecule has 3 rings (SSSR count). The van der Waals surface area contributed by atoms with Gasteiger partial charge in [0.05, 0.1) is 12.0 Å². The molecule has 0 aliphatic carbocycles. The van der Waals surface area contributed by atoms with Crippen LogP contribution in [0, 0.1) is 0 Å². The number of hydrogen-bond donors (Lipinski definition) is 1. The second-order valence-electron chi connectivity index (χ2n) is 4.58. The van der Waals surface area contributed by atoms with E-state index in [1.165, 1.54) is 24.1 Å². The number of nitrogens with one attached hydrogen (secondary N) is 1. The fourth-order valence-electron chi connectivity index (χ4n) is 2.47. The molecule has 88 valence electrons. The molecule has 17 heavy (non-hydrogen) atoms. The van der Waals surface area contributed by atoms with Crippen molar-refractivity contribution in [1.82, 2.24) is 14.9 Å². The van der Waals surface area contributed by atoms with Crippen LogP contribution in [0.15, 0.2) is 42.9 Å². The maximum absolute atomic E-state index is 4.29. The number of aromatic nitrogens is 2. The summed E-state index contributed by atoms with van der Waals surface area (Å²) in [6.07, 6.45) is 6.41. The maximum Gasteiger partial charge on any atom is 0.0951 e. The largest absolute Gasteiger partial charge is 0.329 e. The zero-order valence-corrected chi connectivity index (χ0v) is 9.84. The summed E-state index contributed by atoms with van der Waals surface area (Å²) in [5, 5.41) is 3.52. The topological polar surface area (TPSA) is 29.9 Å². The quantitative estimate of drug-likeness (QED) is 0.872. The second kappa shape index (κ2) is 4.72. The standard InChI is InChI=1S/C14H17N3/c1-2-5-12(6-3-1)10-17-11-15-9-14(17)13-7-4-8-16-13/h1-3,5-6,9,11,13,16H,4,7-8,10H2/t13-/m0/s1. The number of nitrogens with zero attached hydrogens (tertiary/aromatic N) is 2. The van der Waals surface area contributed by atoms with Crippen molar-refractivity contribution >= 4 is 0 Å². The maximum atomic E-state index is 4.29. The summed E-state index contributed by atoms with van der Waals surface area (Å²) in [5.41, 5.74) is 2.64. The van der Waals surface area contributed by atoms with Crippen LogP contribution in [0.2, 0.25) is 0 Å². The Labute approximate surface area is 101 Å². The number of rotatable bonds is 3. The van der Waals surface area contributed by atoms with Crippen LogP contribution in [0.5, 0.6) is 0 Å². The Morgan fingerprint density at radius 2 is 2.18 bits per heavy atom. The Balaban J connectivity index is 1.81. The molecule has 1 N–H and O–H groups in total. The second-order valence-corrected chi connectivity index (χ2v) is 4.58. The molecular formula is C14H17N3. The Kier molecular flexibility index (Phi) is 2.92. The van der Waals surface area contributed by atoms with Gasteiger partial charge >= 0.3 is 0 Å². The van der Waals surface area contributed by atoms with Gasteiger partial charge in [0.25, 0.3) is 0 Å². The lowest BCUT2D eigenvalue weighted by atomic mass is 10.1. The van der Waals surface area contributed by atoms with Crippen molar-refractivity contribution in [3.05, 3.63) is 54.1 Å². The molecule has 1 aromatic heterocycles. The SMILES string of the molecule is c1ccc(Cn2cncc2[C@@H]2CCCN2)cc1. The first-order valence-corrected chi connectivity index (χ1v) is 6.21. The molecule has 1 aromatic carbocycles. The number of benzene rings is 1. The molecule has 1 atom stereocenters.